The van der Waals surface area contributed by atoms with Gasteiger partial charge in [0.1, 0.15) is 16.8 Å². The average molecular weight is 724 g/mol. The summed E-state index contributed by atoms with van der Waals surface area (Å²) in [6, 6.07) is 16.0. The first-order valence-corrected chi connectivity index (χ1v) is 17.9. The molecule has 0 bridgehead atoms. The summed E-state index contributed by atoms with van der Waals surface area (Å²) < 4.78 is 20.3. The summed E-state index contributed by atoms with van der Waals surface area (Å²) in [6.45, 7) is 8.08. The van der Waals surface area contributed by atoms with E-state index in [0.717, 1.165) is 76.2 Å². The Morgan fingerprint density at radius 1 is 1.00 bits per heavy atom. The predicted octanol–water partition coefficient (Wildman–Crippen LogP) is 5.02. The predicted molar refractivity (Wildman–Crippen MR) is 202 cm³/mol. The molecule has 1 aliphatic carbocycles. The molecule has 0 saturated carbocycles. The van der Waals surface area contributed by atoms with Gasteiger partial charge in [0.05, 0.1) is 43.3 Å². The molecule has 5 heterocycles. The van der Waals surface area contributed by atoms with Crippen molar-refractivity contribution in [1.29, 1.82) is 0 Å². The smallest absolute Gasteiger partial charge is 0.330 e. The van der Waals surface area contributed by atoms with E-state index >= 15 is 0 Å². The summed E-state index contributed by atoms with van der Waals surface area (Å²) in [4.78, 5) is 38.2. The minimum absolute atomic E-state index is 0.187. The third-order valence-electron chi connectivity index (χ3n) is 10.8. The average Bonchev–Trinajstić information content (AvgIpc) is 3.53. The highest BCUT2D eigenvalue weighted by molar-refractivity contribution is 6.36. The van der Waals surface area contributed by atoms with Gasteiger partial charge in [-0.05, 0) is 61.6 Å². The lowest BCUT2D eigenvalue weighted by Gasteiger charge is -2.53. The first-order chi connectivity index (χ1) is 25.1. The fraction of sp³-hybridized carbons (Fsp3) is 0.385. The van der Waals surface area contributed by atoms with Gasteiger partial charge in [0, 0.05) is 67.8 Å². The molecule has 270 valence electrons. The molecule has 1 spiro atoms. The number of rotatable bonds is 6. The van der Waals surface area contributed by atoms with Crippen molar-refractivity contribution in [3.05, 3.63) is 96.8 Å². The van der Waals surface area contributed by atoms with Crippen molar-refractivity contribution in [3.63, 3.8) is 0 Å². The molecule has 2 fully saturated rings. The Kier molecular flexibility index (Phi) is 8.91. The molecule has 52 heavy (non-hydrogen) atoms. The van der Waals surface area contributed by atoms with Crippen LogP contribution in [0, 0.1) is 13.8 Å². The molecule has 3 aromatic heterocycles. The largest absolute Gasteiger partial charge is 0.481 e. The number of aromatic nitrogens is 4. The van der Waals surface area contributed by atoms with Gasteiger partial charge in [-0.2, -0.15) is 0 Å². The van der Waals surface area contributed by atoms with E-state index in [-0.39, 0.29) is 11.6 Å². The van der Waals surface area contributed by atoms with E-state index in [4.69, 9.17) is 30.8 Å². The number of nitrogens with zero attached hydrogens (tertiary/aromatic N) is 5. The van der Waals surface area contributed by atoms with Crippen LogP contribution in [0.3, 0.4) is 0 Å². The molecule has 2 aliphatic heterocycles. The second-order valence-corrected chi connectivity index (χ2v) is 14.4. The molecular weight excluding hydrogens is 682 g/mol. The number of hydrogen-bond donors (Lipinski definition) is 2. The first kappa shape index (κ1) is 34.5. The molecule has 1 atom stereocenters. The van der Waals surface area contributed by atoms with Crippen LogP contribution in [0.2, 0.25) is 5.02 Å². The Labute approximate surface area is 306 Å². The number of methoxy groups -OCH3 is 1. The summed E-state index contributed by atoms with van der Waals surface area (Å²) in [7, 11) is 4.81. The van der Waals surface area contributed by atoms with Crippen LogP contribution in [-0.4, -0.2) is 76.3 Å². The molecule has 0 radical (unpaired) electrons. The van der Waals surface area contributed by atoms with E-state index in [1.54, 1.807) is 20.2 Å². The number of likely N-dealkylation sites (tertiary alicyclic amines) is 1. The van der Waals surface area contributed by atoms with Gasteiger partial charge >= 0.3 is 5.69 Å². The summed E-state index contributed by atoms with van der Waals surface area (Å²) >= 11 is 7.27. The highest BCUT2D eigenvalue weighted by Crippen LogP contribution is 2.47. The van der Waals surface area contributed by atoms with Crippen molar-refractivity contribution in [3.8, 4) is 28.3 Å². The van der Waals surface area contributed by atoms with Gasteiger partial charge in [-0.15, -0.1) is 0 Å². The quantitative estimate of drug-likeness (QED) is 0.247. The van der Waals surface area contributed by atoms with Gasteiger partial charge < -0.3 is 19.5 Å². The van der Waals surface area contributed by atoms with Crippen LogP contribution in [-0.2, 0) is 30.0 Å². The van der Waals surface area contributed by atoms with Gasteiger partial charge in [0.15, 0.2) is 0 Å². The molecule has 5 aromatic rings. The molecular formula is C39H42ClN7O5. The Hall–Kier alpha value is -4.59. The van der Waals surface area contributed by atoms with Crippen molar-refractivity contribution in [2.45, 2.75) is 38.3 Å². The zero-order valence-electron chi connectivity index (χ0n) is 30.0. The van der Waals surface area contributed by atoms with Crippen LogP contribution in [0.15, 0.2) is 58.1 Å². The van der Waals surface area contributed by atoms with Gasteiger partial charge in [-0.25, -0.2) is 14.8 Å². The molecule has 12 nitrogen and oxygen atoms in total. The van der Waals surface area contributed by atoms with E-state index in [0.29, 0.717) is 53.3 Å². The number of aryl methyl sites for hydroxylation is 3. The lowest BCUT2D eigenvalue weighted by Crippen LogP contribution is -2.68. The Balaban J connectivity index is 1.11. The minimum atomic E-state index is -0.410. The maximum absolute atomic E-state index is 13.3. The molecule has 2 aromatic carbocycles. The number of benzene rings is 2. The minimum Gasteiger partial charge on any atom is -0.481 e. The molecule has 8 rings (SSSR count). The zero-order chi connectivity index (χ0) is 36.3. The number of halogens is 1. The fourth-order valence-electron chi connectivity index (χ4n) is 8.08. The molecule has 2 N–H and O–H groups in total. The zero-order valence-corrected chi connectivity index (χ0v) is 30.8. The van der Waals surface area contributed by atoms with Crippen molar-refractivity contribution < 1.29 is 14.2 Å². The van der Waals surface area contributed by atoms with Crippen LogP contribution in [0.4, 0.5) is 11.5 Å². The van der Waals surface area contributed by atoms with Crippen LogP contribution in [0.5, 0.6) is 5.88 Å². The van der Waals surface area contributed by atoms with Crippen LogP contribution < -0.4 is 26.6 Å². The first-order valence-electron chi connectivity index (χ1n) is 17.6. The van der Waals surface area contributed by atoms with E-state index in [2.05, 4.69) is 26.6 Å². The highest BCUT2D eigenvalue weighted by atomic mass is 35.5. The van der Waals surface area contributed by atoms with Gasteiger partial charge in [-0.1, -0.05) is 41.9 Å². The molecule has 0 amide bonds. The fourth-order valence-corrected chi connectivity index (χ4v) is 8.41. The van der Waals surface area contributed by atoms with Crippen molar-refractivity contribution >= 4 is 34.0 Å². The topological polar surface area (TPSA) is 125 Å². The number of anilines is 2. The summed E-state index contributed by atoms with van der Waals surface area (Å²) in [6.07, 6.45) is 1.91. The van der Waals surface area contributed by atoms with E-state index in [9.17, 15) is 9.59 Å². The SMILES string of the molecule is COc1nc(-c2cccc(-c3cccc(Nc4nc(C)cc5c4c(=O)n(C)c(=O)n5C)c3C)c2Cl)cc2c1C(N1CC3(CNCOCCO3)C1)CC2. The van der Waals surface area contributed by atoms with Crippen LogP contribution >= 0.6 is 11.6 Å². The molecule has 3 aliphatic rings. The third kappa shape index (κ3) is 5.79. The molecule has 2 saturated heterocycles. The summed E-state index contributed by atoms with van der Waals surface area (Å²) in [5.74, 6) is 1.02. The van der Waals surface area contributed by atoms with Gasteiger partial charge in [-0.3, -0.25) is 24.1 Å². The number of hydrogen-bond acceptors (Lipinski definition) is 10. The Bertz CT molecular complexity index is 2340. The number of pyridine rings is 2. The van der Waals surface area contributed by atoms with Crippen LogP contribution in [0.25, 0.3) is 33.3 Å². The lowest BCUT2D eigenvalue weighted by molar-refractivity contribution is -0.174. The van der Waals surface area contributed by atoms with E-state index in [1.165, 1.54) is 17.2 Å². The maximum Gasteiger partial charge on any atom is 0.330 e. The van der Waals surface area contributed by atoms with Crippen molar-refractivity contribution in [1.82, 2.24) is 29.3 Å². The van der Waals surface area contributed by atoms with E-state index in [1.807, 2.05) is 50.2 Å². The Morgan fingerprint density at radius 3 is 2.58 bits per heavy atom. The molecule has 1 unspecified atom stereocenters. The number of fused-ring (bicyclic) bond motifs is 2. The molecule has 13 heteroatoms. The van der Waals surface area contributed by atoms with Crippen LogP contribution in [0.1, 0.15) is 34.8 Å². The summed E-state index contributed by atoms with van der Waals surface area (Å²) in [5, 5.41) is 7.69. The summed E-state index contributed by atoms with van der Waals surface area (Å²) in [5.41, 5.74) is 7.62. The second-order valence-electron chi connectivity index (χ2n) is 14.0. The Morgan fingerprint density at radius 2 is 1.77 bits per heavy atom. The van der Waals surface area contributed by atoms with E-state index < -0.39 is 11.2 Å². The monoisotopic (exact) mass is 723 g/mol. The third-order valence-corrected chi connectivity index (χ3v) is 11.2. The van der Waals surface area contributed by atoms with Gasteiger partial charge in [0.25, 0.3) is 5.56 Å². The highest BCUT2D eigenvalue weighted by Gasteiger charge is 2.49. The normalized spacial score (nSPS) is 18.5. The van der Waals surface area contributed by atoms with Crippen molar-refractivity contribution in [2.24, 2.45) is 14.1 Å². The maximum atomic E-state index is 13.3. The number of nitrogens with one attached hydrogen (secondary N) is 2. The van der Waals surface area contributed by atoms with Gasteiger partial charge in [0.2, 0.25) is 5.88 Å². The second kappa shape index (κ2) is 13.4. The van der Waals surface area contributed by atoms with Crippen molar-refractivity contribution in [2.75, 3.05) is 52.0 Å². The standard InChI is InChI=1S/C39H42ClN7O5/c1-22-16-31-33(37(48)46(4)38(49)45(31)3)35(42-22)43-28-11-7-8-25(23(28)2)26-9-6-10-27(34(26)40)29-17-24-12-13-30(32(24)36(44-29)50-5)47-19-39(20-47)18-41-21-51-14-15-52-39/h6-11,16-17,30,41H,12-15,18-21H2,1-5H3,(H,42,43). The lowest BCUT2D eigenvalue weighted by atomic mass is 9.90. The number of ether oxygens (including phenoxy) is 3.